The number of rotatable bonds is 7. The van der Waals surface area contributed by atoms with Gasteiger partial charge in [0.25, 0.3) is 0 Å². The minimum absolute atomic E-state index is 0.217. The third kappa shape index (κ3) is 5.06. The summed E-state index contributed by atoms with van der Waals surface area (Å²) in [6.07, 6.45) is 0. The minimum atomic E-state index is -0.217. The van der Waals surface area contributed by atoms with Gasteiger partial charge >= 0.3 is 6.03 Å². The highest BCUT2D eigenvalue weighted by molar-refractivity contribution is 5.90. The first-order chi connectivity index (χ1) is 13.5. The molecule has 146 valence electrons. The maximum atomic E-state index is 12.6. The Morgan fingerprint density at radius 1 is 1.21 bits per heavy atom. The van der Waals surface area contributed by atoms with Crippen molar-refractivity contribution in [3.8, 4) is 17.1 Å². The SMILES string of the molecule is CC(C)COc1ccccc1NC(=O)N(C)Cc1cccc(-c2nn[nH]n2)c1. The number of nitrogens with zero attached hydrogens (tertiary/aromatic N) is 4. The number of carbonyl (C=O) groups excluding carboxylic acids is 1. The Labute approximate surface area is 163 Å². The molecule has 3 aromatic rings. The second-order valence-corrected chi connectivity index (χ2v) is 6.92. The molecule has 0 unspecified atom stereocenters. The van der Waals surface area contributed by atoms with Gasteiger partial charge in [-0.3, -0.25) is 0 Å². The predicted molar refractivity (Wildman–Crippen MR) is 107 cm³/mol. The third-order valence-corrected chi connectivity index (χ3v) is 4.00. The van der Waals surface area contributed by atoms with Gasteiger partial charge in [-0.15, -0.1) is 10.2 Å². The number of H-pyrrole nitrogens is 1. The van der Waals surface area contributed by atoms with E-state index in [1.807, 2.05) is 48.5 Å². The van der Waals surface area contributed by atoms with Crippen molar-refractivity contribution in [2.24, 2.45) is 5.92 Å². The summed E-state index contributed by atoms with van der Waals surface area (Å²) in [5.74, 6) is 1.58. The number of hydrogen-bond acceptors (Lipinski definition) is 5. The summed E-state index contributed by atoms with van der Waals surface area (Å²) >= 11 is 0. The molecule has 8 heteroatoms. The van der Waals surface area contributed by atoms with Crippen LogP contribution >= 0.6 is 0 Å². The summed E-state index contributed by atoms with van der Waals surface area (Å²) in [5.41, 5.74) is 2.46. The van der Waals surface area contributed by atoms with Crippen LogP contribution in [0.3, 0.4) is 0 Å². The number of aromatic amines is 1. The molecule has 0 spiro atoms. The Kier molecular flexibility index (Phi) is 6.21. The quantitative estimate of drug-likeness (QED) is 0.653. The zero-order valence-electron chi connectivity index (χ0n) is 16.2. The van der Waals surface area contributed by atoms with Crippen LogP contribution in [0.2, 0.25) is 0 Å². The summed E-state index contributed by atoms with van der Waals surface area (Å²) < 4.78 is 5.80. The summed E-state index contributed by atoms with van der Waals surface area (Å²) in [6, 6.07) is 14.9. The zero-order chi connectivity index (χ0) is 19.9. The largest absolute Gasteiger partial charge is 0.491 e. The van der Waals surface area contributed by atoms with Crippen LogP contribution in [0.25, 0.3) is 11.4 Å². The number of aromatic nitrogens is 4. The lowest BCUT2D eigenvalue weighted by Crippen LogP contribution is -2.31. The molecule has 0 saturated heterocycles. The van der Waals surface area contributed by atoms with Crippen LogP contribution in [0.5, 0.6) is 5.75 Å². The number of nitrogens with one attached hydrogen (secondary N) is 2. The Bertz CT molecular complexity index is 911. The predicted octanol–water partition coefficient (Wildman–Crippen LogP) is 3.57. The van der Waals surface area contributed by atoms with E-state index in [-0.39, 0.29) is 6.03 Å². The van der Waals surface area contributed by atoms with Crippen LogP contribution in [-0.2, 0) is 6.54 Å². The van der Waals surface area contributed by atoms with Crippen molar-refractivity contribution in [3.05, 3.63) is 54.1 Å². The molecule has 0 radical (unpaired) electrons. The van der Waals surface area contributed by atoms with Crippen molar-refractivity contribution in [3.63, 3.8) is 0 Å². The van der Waals surface area contributed by atoms with Crippen LogP contribution in [0.15, 0.2) is 48.5 Å². The number of tetrazole rings is 1. The smallest absolute Gasteiger partial charge is 0.321 e. The number of anilines is 1. The number of para-hydroxylation sites is 2. The van der Waals surface area contributed by atoms with Gasteiger partial charge in [0, 0.05) is 19.2 Å². The Morgan fingerprint density at radius 3 is 2.79 bits per heavy atom. The lowest BCUT2D eigenvalue weighted by molar-refractivity contribution is 0.220. The van der Waals surface area contributed by atoms with E-state index in [2.05, 4.69) is 39.8 Å². The summed E-state index contributed by atoms with van der Waals surface area (Å²) in [5, 5.41) is 16.9. The highest BCUT2D eigenvalue weighted by Gasteiger charge is 2.13. The second-order valence-electron chi connectivity index (χ2n) is 6.92. The van der Waals surface area contributed by atoms with Crippen LogP contribution in [0.4, 0.5) is 10.5 Å². The van der Waals surface area contributed by atoms with E-state index in [0.717, 1.165) is 11.1 Å². The van der Waals surface area contributed by atoms with E-state index in [9.17, 15) is 4.79 Å². The Balaban J connectivity index is 1.65. The molecule has 2 amide bonds. The first kappa shape index (κ1) is 19.3. The maximum Gasteiger partial charge on any atom is 0.321 e. The van der Waals surface area contributed by atoms with Gasteiger partial charge < -0.3 is 15.0 Å². The molecule has 1 heterocycles. The molecule has 0 aliphatic rings. The van der Waals surface area contributed by atoms with E-state index >= 15 is 0 Å². The van der Waals surface area contributed by atoms with Crippen molar-refractivity contribution in [2.45, 2.75) is 20.4 Å². The van der Waals surface area contributed by atoms with Gasteiger partial charge in [-0.2, -0.15) is 5.21 Å². The van der Waals surface area contributed by atoms with Crippen molar-refractivity contribution < 1.29 is 9.53 Å². The molecular formula is C20H24N6O2. The van der Waals surface area contributed by atoms with Crippen molar-refractivity contribution >= 4 is 11.7 Å². The zero-order valence-corrected chi connectivity index (χ0v) is 16.2. The van der Waals surface area contributed by atoms with Gasteiger partial charge in [-0.1, -0.05) is 44.2 Å². The highest BCUT2D eigenvalue weighted by atomic mass is 16.5. The Hall–Kier alpha value is -3.42. The van der Waals surface area contributed by atoms with Gasteiger partial charge in [0.1, 0.15) is 5.75 Å². The first-order valence-corrected chi connectivity index (χ1v) is 9.09. The third-order valence-electron chi connectivity index (χ3n) is 4.00. The fourth-order valence-electron chi connectivity index (χ4n) is 2.60. The van der Waals surface area contributed by atoms with Gasteiger partial charge in [0.15, 0.2) is 0 Å². The fourth-order valence-corrected chi connectivity index (χ4v) is 2.60. The molecule has 2 aromatic carbocycles. The lowest BCUT2D eigenvalue weighted by Gasteiger charge is -2.20. The molecular weight excluding hydrogens is 356 g/mol. The highest BCUT2D eigenvalue weighted by Crippen LogP contribution is 2.25. The molecule has 3 rings (SSSR count). The molecule has 28 heavy (non-hydrogen) atoms. The lowest BCUT2D eigenvalue weighted by atomic mass is 10.1. The summed E-state index contributed by atoms with van der Waals surface area (Å²) in [6.45, 7) is 5.19. The van der Waals surface area contributed by atoms with E-state index in [1.165, 1.54) is 0 Å². The van der Waals surface area contributed by atoms with E-state index in [4.69, 9.17) is 4.74 Å². The molecule has 1 aromatic heterocycles. The van der Waals surface area contributed by atoms with E-state index in [0.29, 0.717) is 36.3 Å². The van der Waals surface area contributed by atoms with Gasteiger partial charge in [-0.05, 0) is 34.9 Å². The maximum absolute atomic E-state index is 12.6. The molecule has 0 fully saturated rings. The normalized spacial score (nSPS) is 10.7. The second kappa shape index (κ2) is 8.98. The van der Waals surface area contributed by atoms with E-state index in [1.54, 1.807) is 11.9 Å². The molecule has 0 aliphatic carbocycles. The van der Waals surface area contributed by atoms with Gasteiger partial charge in [0.05, 0.1) is 12.3 Å². The monoisotopic (exact) mass is 380 g/mol. The molecule has 0 aliphatic heterocycles. The molecule has 0 bridgehead atoms. The van der Waals surface area contributed by atoms with E-state index < -0.39 is 0 Å². The number of carbonyl (C=O) groups is 1. The van der Waals surface area contributed by atoms with Crippen LogP contribution < -0.4 is 10.1 Å². The van der Waals surface area contributed by atoms with Crippen molar-refractivity contribution in [1.29, 1.82) is 0 Å². The number of benzene rings is 2. The molecule has 8 nitrogen and oxygen atoms in total. The number of urea groups is 1. The minimum Gasteiger partial charge on any atom is -0.491 e. The molecule has 0 atom stereocenters. The van der Waals surface area contributed by atoms with Crippen molar-refractivity contribution in [1.82, 2.24) is 25.5 Å². The van der Waals surface area contributed by atoms with Crippen LogP contribution in [-0.4, -0.2) is 45.2 Å². The van der Waals surface area contributed by atoms with Gasteiger partial charge in [-0.25, -0.2) is 4.79 Å². The fraction of sp³-hybridized carbons (Fsp3) is 0.300. The molecule has 2 N–H and O–H groups in total. The topological polar surface area (TPSA) is 96.0 Å². The summed E-state index contributed by atoms with van der Waals surface area (Å²) in [7, 11) is 1.74. The van der Waals surface area contributed by atoms with Crippen LogP contribution in [0.1, 0.15) is 19.4 Å². The standard InChI is InChI=1S/C20H24N6O2/c1-14(2)13-28-18-10-5-4-9-17(18)21-20(27)26(3)12-15-7-6-8-16(11-15)19-22-24-25-23-19/h4-11,14H,12-13H2,1-3H3,(H,21,27)(H,22,23,24,25). The average molecular weight is 380 g/mol. The number of amides is 2. The first-order valence-electron chi connectivity index (χ1n) is 9.09. The number of ether oxygens (including phenoxy) is 1. The van der Waals surface area contributed by atoms with Gasteiger partial charge in [0.2, 0.25) is 5.82 Å². The average Bonchev–Trinajstić information content (AvgIpc) is 3.22. The summed E-state index contributed by atoms with van der Waals surface area (Å²) in [4.78, 5) is 14.2. The Morgan fingerprint density at radius 2 is 2.04 bits per heavy atom. The molecule has 0 saturated carbocycles. The number of hydrogen-bond donors (Lipinski definition) is 2. The van der Waals surface area contributed by atoms with Crippen LogP contribution in [0, 0.1) is 5.92 Å². The van der Waals surface area contributed by atoms with Crippen molar-refractivity contribution in [2.75, 3.05) is 19.0 Å².